The van der Waals surface area contributed by atoms with E-state index >= 15 is 0 Å². The first kappa shape index (κ1) is 19.3. The van der Waals surface area contributed by atoms with Crippen LogP contribution in [-0.4, -0.2) is 33.7 Å². The zero-order valence-corrected chi connectivity index (χ0v) is 16.5. The first-order valence-corrected chi connectivity index (χ1v) is 9.23. The van der Waals surface area contributed by atoms with Crippen molar-refractivity contribution in [3.63, 3.8) is 0 Å². The highest BCUT2D eigenvalue weighted by Crippen LogP contribution is 2.20. The number of urea groups is 1. The Morgan fingerprint density at radius 3 is 2.87 bits per heavy atom. The van der Waals surface area contributed by atoms with E-state index in [4.69, 9.17) is 0 Å². The molecule has 150 valence electrons. The summed E-state index contributed by atoms with van der Waals surface area (Å²) in [6, 6.07) is 11.7. The topological polar surface area (TPSA) is 74.9 Å². The number of amides is 2. The van der Waals surface area contributed by atoms with Crippen molar-refractivity contribution in [2.24, 2.45) is 5.10 Å². The first-order valence-electron chi connectivity index (χ1n) is 9.23. The Morgan fingerprint density at radius 2 is 2.07 bits per heavy atom. The van der Waals surface area contributed by atoms with Gasteiger partial charge in [-0.2, -0.15) is 5.10 Å². The lowest BCUT2D eigenvalue weighted by atomic mass is 10.1. The van der Waals surface area contributed by atoms with Crippen molar-refractivity contribution in [3.8, 4) is 11.1 Å². The molecule has 0 radical (unpaired) electrons. The molecule has 0 fully saturated rings. The molecule has 0 unspecified atom stereocenters. The number of rotatable bonds is 4. The highest BCUT2D eigenvalue weighted by atomic mass is 19.1. The summed E-state index contributed by atoms with van der Waals surface area (Å²) in [7, 11) is 1.48. The van der Waals surface area contributed by atoms with Crippen molar-refractivity contribution < 1.29 is 9.18 Å². The van der Waals surface area contributed by atoms with Crippen LogP contribution in [0.2, 0.25) is 0 Å². The van der Waals surface area contributed by atoms with E-state index in [2.05, 4.69) is 20.5 Å². The number of nitrogens with zero attached hydrogens (tertiary/aromatic N) is 5. The van der Waals surface area contributed by atoms with Crippen LogP contribution >= 0.6 is 0 Å². The van der Waals surface area contributed by atoms with Gasteiger partial charge in [-0.25, -0.2) is 19.6 Å². The standard InChI is InChI=1S/C22H19FN6O/c1-15-5-7-19(23)20(10-15)28(2)22(30)27-26-13-18-12-25-21-8-6-17(14-29(18)21)16-4-3-9-24-11-16/h3-14H,1-2H3,(H,27,30). The second-order valence-electron chi connectivity index (χ2n) is 6.76. The zero-order valence-electron chi connectivity index (χ0n) is 16.5. The van der Waals surface area contributed by atoms with E-state index in [1.54, 1.807) is 30.7 Å². The average Bonchev–Trinajstić information content (AvgIpc) is 3.17. The number of carbonyl (C=O) groups is 1. The molecule has 7 nitrogen and oxygen atoms in total. The molecular formula is C22H19FN6O. The number of hydrazone groups is 1. The number of aryl methyl sites for hydroxylation is 1. The Balaban J connectivity index is 1.52. The van der Waals surface area contributed by atoms with Crippen LogP contribution in [0.4, 0.5) is 14.9 Å². The van der Waals surface area contributed by atoms with Crippen LogP contribution in [0.25, 0.3) is 16.8 Å². The van der Waals surface area contributed by atoms with Gasteiger partial charge in [0.05, 0.1) is 23.8 Å². The number of hydrogen-bond donors (Lipinski definition) is 1. The normalized spacial score (nSPS) is 11.2. The van der Waals surface area contributed by atoms with Gasteiger partial charge in [-0.3, -0.25) is 14.3 Å². The third-order valence-corrected chi connectivity index (χ3v) is 4.65. The number of hydrogen-bond acceptors (Lipinski definition) is 4. The lowest BCUT2D eigenvalue weighted by Gasteiger charge is -2.17. The number of aromatic nitrogens is 3. The summed E-state index contributed by atoms with van der Waals surface area (Å²) in [5.74, 6) is -0.480. The molecular weight excluding hydrogens is 383 g/mol. The van der Waals surface area contributed by atoms with E-state index in [1.165, 1.54) is 24.2 Å². The summed E-state index contributed by atoms with van der Waals surface area (Å²) < 4.78 is 15.9. The van der Waals surface area contributed by atoms with Gasteiger partial charge in [0.2, 0.25) is 0 Å². The van der Waals surface area contributed by atoms with Crippen molar-refractivity contribution >= 4 is 23.6 Å². The molecule has 0 bridgehead atoms. The van der Waals surface area contributed by atoms with Gasteiger partial charge in [0.15, 0.2) is 0 Å². The van der Waals surface area contributed by atoms with Gasteiger partial charge in [-0.1, -0.05) is 12.1 Å². The van der Waals surface area contributed by atoms with Crippen LogP contribution in [-0.2, 0) is 0 Å². The average molecular weight is 402 g/mol. The Hall–Kier alpha value is -4.07. The van der Waals surface area contributed by atoms with E-state index in [9.17, 15) is 9.18 Å². The number of nitrogens with one attached hydrogen (secondary N) is 1. The molecule has 0 saturated heterocycles. The van der Waals surface area contributed by atoms with E-state index in [1.807, 2.05) is 41.8 Å². The summed E-state index contributed by atoms with van der Waals surface area (Å²) in [5, 5.41) is 4.00. The molecule has 0 aliphatic heterocycles. The molecule has 8 heteroatoms. The third-order valence-electron chi connectivity index (χ3n) is 4.65. The molecule has 4 aromatic rings. The lowest BCUT2D eigenvalue weighted by molar-refractivity contribution is 0.248. The van der Waals surface area contributed by atoms with E-state index in [-0.39, 0.29) is 5.69 Å². The lowest BCUT2D eigenvalue weighted by Crippen LogP contribution is -2.35. The molecule has 30 heavy (non-hydrogen) atoms. The molecule has 0 aliphatic rings. The van der Waals surface area contributed by atoms with Crippen molar-refractivity contribution in [3.05, 3.63) is 84.3 Å². The Bertz CT molecular complexity index is 1240. The fraction of sp³-hybridized carbons (Fsp3) is 0.0909. The monoisotopic (exact) mass is 402 g/mol. The van der Waals surface area contributed by atoms with Gasteiger partial charge in [0, 0.05) is 36.8 Å². The summed E-state index contributed by atoms with van der Waals surface area (Å²) in [4.78, 5) is 22.0. The van der Waals surface area contributed by atoms with E-state index < -0.39 is 11.8 Å². The SMILES string of the molecule is Cc1ccc(F)c(N(C)C(=O)NN=Cc2cnc3ccc(-c4cccnc4)cn23)c1. The largest absolute Gasteiger partial charge is 0.342 e. The molecule has 0 atom stereocenters. The van der Waals surface area contributed by atoms with Gasteiger partial charge in [0.25, 0.3) is 0 Å². The molecule has 1 N–H and O–H groups in total. The van der Waals surface area contributed by atoms with Gasteiger partial charge in [-0.05, 0) is 42.8 Å². The van der Waals surface area contributed by atoms with E-state index in [0.29, 0.717) is 5.69 Å². The number of halogens is 1. The van der Waals surface area contributed by atoms with Crippen LogP contribution in [0.3, 0.4) is 0 Å². The van der Waals surface area contributed by atoms with Crippen LogP contribution in [0.1, 0.15) is 11.3 Å². The zero-order chi connectivity index (χ0) is 21.1. The second kappa shape index (κ2) is 8.12. The molecule has 1 aromatic carbocycles. The second-order valence-corrected chi connectivity index (χ2v) is 6.76. The fourth-order valence-electron chi connectivity index (χ4n) is 3.02. The van der Waals surface area contributed by atoms with Crippen LogP contribution in [0.5, 0.6) is 0 Å². The Labute approximate surface area is 172 Å². The minimum Gasteiger partial charge on any atom is -0.298 e. The molecule has 3 heterocycles. The van der Waals surface area contributed by atoms with Gasteiger partial charge in [-0.15, -0.1) is 0 Å². The van der Waals surface area contributed by atoms with Crippen molar-refractivity contribution in [1.29, 1.82) is 0 Å². The molecule has 0 spiro atoms. The number of pyridine rings is 2. The maximum Gasteiger partial charge on any atom is 0.342 e. The molecule has 0 saturated carbocycles. The maximum absolute atomic E-state index is 14.0. The maximum atomic E-state index is 14.0. The quantitative estimate of drug-likeness (QED) is 0.414. The van der Waals surface area contributed by atoms with Crippen LogP contribution < -0.4 is 10.3 Å². The number of anilines is 1. The highest BCUT2D eigenvalue weighted by Gasteiger charge is 2.14. The van der Waals surface area contributed by atoms with Gasteiger partial charge in [0.1, 0.15) is 11.5 Å². The van der Waals surface area contributed by atoms with Gasteiger partial charge < -0.3 is 0 Å². The Kier molecular flexibility index (Phi) is 5.21. The predicted molar refractivity (Wildman–Crippen MR) is 114 cm³/mol. The minimum absolute atomic E-state index is 0.179. The summed E-state index contributed by atoms with van der Waals surface area (Å²) in [6.07, 6.45) is 8.58. The molecule has 0 aliphatic carbocycles. The smallest absolute Gasteiger partial charge is 0.298 e. The molecule has 4 rings (SSSR count). The number of benzene rings is 1. The van der Waals surface area contributed by atoms with Crippen LogP contribution in [0.15, 0.2) is 72.4 Å². The van der Waals surface area contributed by atoms with Crippen molar-refractivity contribution in [2.75, 3.05) is 11.9 Å². The highest BCUT2D eigenvalue weighted by molar-refractivity contribution is 5.92. The van der Waals surface area contributed by atoms with Crippen LogP contribution in [0, 0.1) is 12.7 Å². The first-order chi connectivity index (χ1) is 14.5. The third kappa shape index (κ3) is 3.88. The summed E-state index contributed by atoms with van der Waals surface area (Å²) in [6.45, 7) is 1.83. The number of carbonyl (C=O) groups excluding carboxylic acids is 1. The number of fused-ring (bicyclic) bond motifs is 1. The summed E-state index contributed by atoms with van der Waals surface area (Å²) in [5.41, 5.74) is 6.82. The Morgan fingerprint density at radius 1 is 1.20 bits per heavy atom. The van der Waals surface area contributed by atoms with E-state index in [0.717, 1.165) is 22.3 Å². The minimum atomic E-state index is -0.555. The van der Waals surface area contributed by atoms with Crippen molar-refractivity contribution in [2.45, 2.75) is 6.92 Å². The predicted octanol–water partition coefficient (Wildman–Crippen LogP) is 4.02. The number of imidazole rings is 1. The van der Waals surface area contributed by atoms with Gasteiger partial charge >= 0.3 is 6.03 Å². The van der Waals surface area contributed by atoms with Crippen molar-refractivity contribution in [1.82, 2.24) is 19.8 Å². The molecule has 2 amide bonds. The summed E-state index contributed by atoms with van der Waals surface area (Å²) >= 11 is 0. The molecule has 3 aromatic heterocycles. The fourth-order valence-corrected chi connectivity index (χ4v) is 3.02.